The minimum absolute atomic E-state index is 0.229. The standard InChI is InChI=1S/C17H15NO5S/c19-17(20)16-12-18(14-8-4-5-9-15(14)23-16)24(21,22)11-10-13-6-2-1-3-7-13/h1-11,16H,12H2,(H,19,20)/b11-10+. The number of anilines is 1. The summed E-state index contributed by atoms with van der Waals surface area (Å²) in [6, 6.07) is 15.5. The number of carboxylic acids is 1. The average Bonchev–Trinajstić information content (AvgIpc) is 2.60. The second kappa shape index (κ2) is 6.37. The SMILES string of the molecule is O=C(O)C1CN(S(=O)(=O)/C=C/c2ccccc2)c2ccccc2O1. The third-order valence-electron chi connectivity index (χ3n) is 3.55. The van der Waals surface area contributed by atoms with Crippen LogP contribution in [0.3, 0.4) is 0 Å². The lowest BCUT2D eigenvalue weighted by Gasteiger charge is -2.32. The van der Waals surface area contributed by atoms with Crippen molar-refractivity contribution in [1.82, 2.24) is 0 Å². The first-order chi connectivity index (χ1) is 11.5. The molecule has 3 rings (SSSR count). The van der Waals surface area contributed by atoms with E-state index in [-0.39, 0.29) is 12.3 Å². The van der Waals surface area contributed by atoms with Crippen LogP contribution in [0.2, 0.25) is 0 Å². The molecule has 0 amide bonds. The van der Waals surface area contributed by atoms with Crippen molar-refractivity contribution in [2.24, 2.45) is 0 Å². The highest BCUT2D eigenvalue weighted by Gasteiger charge is 2.35. The van der Waals surface area contributed by atoms with Crippen molar-refractivity contribution < 1.29 is 23.1 Å². The van der Waals surface area contributed by atoms with E-state index in [4.69, 9.17) is 4.74 Å². The molecular formula is C17H15NO5S. The molecule has 124 valence electrons. The van der Waals surface area contributed by atoms with Gasteiger partial charge in [0.15, 0.2) is 0 Å². The number of benzene rings is 2. The van der Waals surface area contributed by atoms with Gasteiger partial charge >= 0.3 is 5.97 Å². The van der Waals surface area contributed by atoms with Gasteiger partial charge in [0.05, 0.1) is 17.6 Å². The van der Waals surface area contributed by atoms with Crippen LogP contribution in [0.4, 0.5) is 5.69 Å². The first kappa shape index (κ1) is 16.1. The lowest BCUT2D eigenvalue weighted by molar-refractivity contribution is -0.144. The molecule has 6 nitrogen and oxygen atoms in total. The Balaban J connectivity index is 1.97. The summed E-state index contributed by atoms with van der Waals surface area (Å²) >= 11 is 0. The Morgan fingerprint density at radius 3 is 2.50 bits per heavy atom. The summed E-state index contributed by atoms with van der Waals surface area (Å²) in [5.41, 5.74) is 1.06. The predicted octanol–water partition coefficient (Wildman–Crippen LogP) is 2.34. The Hall–Kier alpha value is -2.80. The van der Waals surface area contributed by atoms with Gasteiger partial charge in [0.1, 0.15) is 5.75 Å². The van der Waals surface area contributed by atoms with Gasteiger partial charge in [-0.05, 0) is 23.8 Å². The fourth-order valence-electron chi connectivity index (χ4n) is 2.37. The Labute approximate surface area is 139 Å². The molecule has 0 aromatic heterocycles. The summed E-state index contributed by atoms with van der Waals surface area (Å²) in [4.78, 5) is 11.3. The molecule has 0 bridgehead atoms. The van der Waals surface area contributed by atoms with E-state index in [1.54, 1.807) is 48.5 Å². The predicted molar refractivity (Wildman–Crippen MR) is 90.2 cm³/mol. The molecule has 0 saturated heterocycles. The second-order valence-corrected chi connectivity index (χ2v) is 6.94. The number of carbonyl (C=O) groups is 1. The number of hydrogen-bond donors (Lipinski definition) is 1. The molecule has 2 aromatic rings. The summed E-state index contributed by atoms with van der Waals surface area (Å²) < 4.78 is 31.8. The molecule has 1 unspecified atom stereocenters. The largest absolute Gasteiger partial charge is 0.478 e. The quantitative estimate of drug-likeness (QED) is 0.919. The smallest absolute Gasteiger partial charge is 0.346 e. The van der Waals surface area contributed by atoms with E-state index < -0.39 is 22.1 Å². The van der Waals surface area contributed by atoms with Crippen LogP contribution in [-0.2, 0) is 14.8 Å². The number of aliphatic carboxylic acids is 1. The molecule has 1 aliphatic rings. The van der Waals surface area contributed by atoms with Gasteiger partial charge in [-0.15, -0.1) is 0 Å². The minimum Gasteiger partial charge on any atom is -0.478 e. The maximum atomic E-state index is 12.7. The molecule has 0 radical (unpaired) electrons. The van der Waals surface area contributed by atoms with Crippen LogP contribution in [0.1, 0.15) is 5.56 Å². The molecule has 2 aromatic carbocycles. The fraction of sp³-hybridized carbons (Fsp3) is 0.118. The van der Waals surface area contributed by atoms with Gasteiger partial charge in [-0.25, -0.2) is 13.2 Å². The molecular weight excluding hydrogens is 330 g/mol. The van der Waals surface area contributed by atoms with E-state index >= 15 is 0 Å². The number of fused-ring (bicyclic) bond motifs is 1. The lowest BCUT2D eigenvalue weighted by atomic mass is 10.2. The average molecular weight is 345 g/mol. The number of sulfonamides is 1. The zero-order valence-corrected chi connectivity index (χ0v) is 13.4. The lowest BCUT2D eigenvalue weighted by Crippen LogP contribution is -2.46. The molecule has 1 N–H and O–H groups in total. The van der Waals surface area contributed by atoms with Gasteiger partial charge in [0.25, 0.3) is 10.0 Å². The van der Waals surface area contributed by atoms with Crippen LogP contribution >= 0.6 is 0 Å². The van der Waals surface area contributed by atoms with E-state index in [1.807, 2.05) is 6.07 Å². The molecule has 1 aliphatic heterocycles. The van der Waals surface area contributed by atoms with Crippen molar-refractivity contribution >= 4 is 27.8 Å². The molecule has 1 heterocycles. The third-order valence-corrected chi connectivity index (χ3v) is 4.99. The van der Waals surface area contributed by atoms with Crippen LogP contribution in [0.5, 0.6) is 5.75 Å². The zero-order valence-electron chi connectivity index (χ0n) is 12.6. The third kappa shape index (κ3) is 3.26. The number of hydrogen-bond acceptors (Lipinski definition) is 4. The fourth-order valence-corrected chi connectivity index (χ4v) is 3.62. The summed E-state index contributed by atoms with van der Waals surface area (Å²) in [6.07, 6.45) is 0.225. The summed E-state index contributed by atoms with van der Waals surface area (Å²) in [7, 11) is -3.85. The van der Waals surface area contributed by atoms with E-state index in [0.717, 1.165) is 15.3 Å². The van der Waals surface area contributed by atoms with Gasteiger partial charge < -0.3 is 9.84 Å². The maximum Gasteiger partial charge on any atom is 0.346 e. The molecule has 7 heteroatoms. The number of rotatable bonds is 4. The van der Waals surface area contributed by atoms with Crippen molar-refractivity contribution in [3.8, 4) is 5.75 Å². The van der Waals surface area contributed by atoms with E-state index in [2.05, 4.69) is 0 Å². The zero-order chi connectivity index (χ0) is 17.2. The Bertz CT molecular complexity index is 877. The van der Waals surface area contributed by atoms with Gasteiger partial charge in [0, 0.05) is 0 Å². The Morgan fingerprint density at radius 1 is 1.12 bits per heavy atom. The number of ether oxygens (including phenoxy) is 1. The maximum absolute atomic E-state index is 12.7. The van der Waals surface area contributed by atoms with Crippen LogP contribution in [-0.4, -0.2) is 32.1 Å². The van der Waals surface area contributed by atoms with Gasteiger partial charge in [0.2, 0.25) is 6.10 Å². The van der Waals surface area contributed by atoms with Crippen LogP contribution in [0.15, 0.2) is 60.0 Å². The summed E-state index contributed by atoms with van der Waals surface area (Å²) in [5.74, 6) is -0.982. The van der Waals surface area contributed by atoms with Crippen LogP contribution in [0, 0.1) is 0 Å². The molecule has 24 heavy (non-hydrogen) atoms. The molecule has 1 atom stereocenters. The minimum atomic E-state index is -3.85. The highest BCUT2D eigenvalue weighted by atomic mass is 32.2. The van der Waals surface area contributed by atoms with Crippen LogP contribution < -0.4 is 9.04 Å². The highest BCUT2D eigenvalue weighted by Crippen LogP contribution is 2.35. The second-order valence-electron chi connectivity index (χ2n) is 5.20. The summed E-state index contributed by atoms with van der Waals surface area (Å²) in [6.45, 7) is -0.284. The van der Waals surface area contributed by atoms with E-state index in [1.165, 1.54) is 6.08 Å². The molecule has 0 saturated carbocycles. The monoisotopic (exact) mass is 345 g/mol. The first-order valence-corrected chi connectivity index (χ1v) is 8.72. The molecule has 0 fully saturated rings. The van der Waals surface area contributed by atoms with Gasteiger partial charge in [-0.1, -0.05) is 42.5 Å². The number of para-hydroxylation sites is 2. The summed E-state index contributed by atoms with van der Waals surface area (Å²) in [5, 5.41) is 10.3. The highest BCUT2D eigenvalue weighted by molar-refractivity contribution is 7.95. The van der Waals surface area contributed by atoms with E-state index in [9.17, 15) is 18.3 Å². The van der Waals surface area contributed by atoms with Crippen molar-refractivity contribution in [1.29, 1.82) is 0 Å². The molecule has 0 spiro atoms. The van der Waals surface area contributed by atoms with Crippen molar-refractivity contribution in [3.05, 3.63) is 65.6 Å². The Morgan fingerprint density at radius 2 is 1.79 bits per heavy atom. The number of carboxylic acid groups (broad SMARTS) is 1. The topological polar surface area (TPSA) is 83.9 Å². The number of nitrogens with zero attached hydrogens (tertiary/aromatic N) is 1. The molecule has 0 aliphatic carbocycles. The van der Waals surface area contributed by atoms with Crippen molar-refractivity contribution in [2.75, 3.05) is 10.8 Å². The van der Waals surface area contributed by atoms with Crippen molar-refractivity contribution in [3.63, 3.8) is 0 Å². The van der Waals surface area contributed by atoms with Gasteiger partial charge in [-0.2, -0.15) is 0 Å². The van der Waals surface area contributed by atoms with Gasteiger partial charge in [-0.3, -0.25) is 4.31 Å². The van der Waals surface area contributed by atoms with E-state index in [0.29, 0.717) is 5.69 Å². The van der Waals surface area contributed by atoms with Crippen molar-refractivity contribution in [2.45, 2.75) is 6.10 Å². The first-order valence-electron chi connectivity index (χ1n) is 7.22. The van der Waals surface area contributed by atoms with Crippen LogP contribution in [0.25, 0.3) is 6.08 Å². The Kier molecular flexibility index (Phi) is 4.26. The normalized spacial score (nSPS) is 17.3.